The Bertz CT molecular complexity index is 894. The molecule has 0 saturated carbocycles. The van der Waals surface area contributed by atoms with Gasteiger partial charge in [0.15, 0.2) is 0 Å². The quantitative estimate of drug-likeness (QED) is 0.768. The van der Waals surface area contributed by atoms with Gasteiger partial charge in [-0.15, -0.1) is 0 Å². The first-order valence-electron chi connectivity index (χ1n) is 8.70. The highest BCUT2D eigenvalue weighted by Crippen LogP contribution is 2.25. The van der Waals surface area contributed by atoms with E-state index in [1.54, 1.807) is 6.33 Å². The standard InChI is InChI=1S/C19H23N5O/c1-13(2)22-19(25)18-11-23(10-15-8-20-12-24(15)18)9-14-4-3-5-17-16(14)6-7-21-17/h3-8,12-13,18,21H,9-11H2,1-2H3,(H,22,25)/t18-/m0/s1. The molecular formula is C19H23N5O. The first-order valence-corrected chi connectivity index (χ1v) is 8.70. The van der Waals surface area contributed by atoms with E-state index in [2.05, 4.69) is 44.5 Å². The number of aromatic amines is 1. The van der Waals surface area contributed by atoms with Crippen LogP contribution >= 0.6 is 0 Å². The van der Waals surface area contributed by atoms with Crippen molar-refractivity contribution in [1.82, 2.24) is 24.8 Å². The fourth-order valence-corrected chi connectivity index (χ4v) is 3.60. The number of imidazole rings is 1. The molecule has 3 aromatic rings. The molecule has 1 amide bonds. The van der Waals surface area contributed by atoms with Crippen LogP contribution in [-0.2, 0) is 17.9 Å². The van der Waals surface area contributed by atoms with Crippen LogP contribution < -0.4 is 5.32 Å². The van der Waals surface area contributed by atoms with Gasteiger partial charge in [0.2, 0.25) is 5.91 Å². The van der Waals surface area contributed by atoms with Crippen molar-refractivity contribution in [3.63, 3.8) is 0 Å². The van der Waals surface area contributed by atoms with Crippen LogP contribution in [0.2, 0.25) is 0 Å². The zero-order chi connectivity index (χ0) is 17.4. The second kappa shape index (κ2) is 6.37. The number of rotatable bonds is 4. The minimum atomic E-state index is -0.237. The van der Waals surface area contributed by atoms with Crippen molar-refractivity contribution in [3.8, 4) is 0 Å². The maximum Gasteiger partial charge on any atom is 0.244 e. The third-order valence-corrected chi connectivity index (χ3v) is 4.71. The van der Waals surface area contributed by atoms with Gasteiger partial charge in [0.1, 0.15) is 6.04 Å². The van der Waals surface area contributed by atoms with E-state index in [4.69, 9.17) is 0 Å². The number of carbonyl (C=O) groups excluding carboxylic acids is 1. The first-order chi connectivity index (χ1) is 12.1. The highest BCUT2D eigenvalue weighted by atomic mass is 16.2. The normalized spacial score (nSPS) is 17.8. The summed E-state index contributed by atoms with van der Waals surface area (Å²) in [6.07, 6.45) is 5.60. The first kappa shape index (κ1) is 15.9. The highest BCUT2D eigenvalue weighted by molar-refractivity contribution is 5.83. The van der Waals surface area contributed by atoms with Gasteiger partial charge < -0.3 is 14.9 Å². The van der Waals surface area contributed by atoms with Gasteiger partial charge in [-0.2, -0.15) is 0 Å². The van der Waals surface area contributed by atoms with Crippen LogP contribution in [0.4, 0.5) is 0 Å². The fraction of sp³-hybridized carbons (Fsp3) is 0.368. The Hall–Kier alpha value is -2.60. The number of hydrogen-bond acceptors (Lipinski definition) is 3. The monoisotopic (exact) mass is 337 g/mol. The molecule has 0 saturated heterocycles. The van der Waals surface area contributed by atoms with Crippen LogP contribution in [0.25, 0.3) is 10.9 Å². The van der Waals surface area contributed by atoms with E-state index in [1.807, 2.05) is 30.8 Å². The molecule has 6 nitrogen and oxygen atoms in total. The predicted octanol–water partition coefficient (Wildman–Crippen LogP) is 2.45. The van der Waals surface area contributed by atoms with Crippen molar-refractivity contribution in [2.45, 2.75) is 39.0 Å². The molecule has 6 heteroatoms. The van der Waals surface area contributed by atoms with E-state index in [0.29, 0.717) is 6.54 Å². The summed E-state index contributed by atoms with van der Waals surface area (Å²) in [4.78, 5) is 22.5. The predicted molar refractivity (Wildman–Crippen MR) is 97.0 cm³/mol. The molecular weight excluding hydrogens is 314 g/mol. The molecule has 1 aliphatic rings. The van der Waals surface area contributed by atoms with Crippen molar-refractivity contribution < 1.29 is 4.79 Å². The molecule has 4 rings (SSSR count). The van der Waals surface area contributed by atoms with E-state index in [0.717, 1.165) is 24.3 Å². The Balaban J connectivity index is 1.59. The minimum absolute atomic E-state index is 0.0544. The Labute approximate surface area is 146 Å². The van der Waals surface area contributed by atoms with Crippen LogP contribution in [0.15, 0.2) is 43.0 Å². The molecule has 2 N–H and O–H groups in total. The van der Waals surface area contributed by atoms with E-state index in [1.165, 1.54) is 10.9 Å². The molecule has 1 atom stereocenters. The Morgan fingerprint density at radius 2 is 2.28 bits per heavy atom. The van der Waals surface area contributed by atoms with Gasteiger partial charge in [-0.25, -0.2) is 4.98 Å². The van der Waals surface area contributed by atoms with E-state index in [-0.39, 0.29) is 18.0 Å². The zero-order valence-electron chi connectivity index (χ0n) is 14.6. The Morgan fingerprint density at radius 3 is 3.12 bits per heavy atom. The third-order valence-electron chi connectivity index (χ3n) is 4.71. The molecule has 0 unspecified atom stereocenters. The lowest BCUT2D eigenvalue weighted by atomic mass is 10.1. The topological polar surface area (TPSA) is 66.0 Å². The summed E-state index contributed by atoms with van der Waals surface area (Å²) in [5.74, 6) is 0.0544. The Morgan fingerprint density at radius 1 is 1.40 bits per heavy atom. The van der Waals surface area contributed by atoms with Gasteiger partial charge >= 0.3 is 0 Å². The number of benzene rings is 1. The second-order valence-electron chi connectivity index (χ2n) is 7.00. The molecule has 0 aliphatic carbocycles. The lowest BCUT2D eigenvalue weighted by Gasteiger charge is -2.34. The number of nitrogens with zero attached hydrogens (tertiary/aromatic N) is 3. The highest BCUT2D eigenvalue weighted by Gasteiger charge is 2.30. The maximum absolute atomic E-state index is 12.6. The van der Waals surface area contributed by atoms with Crippen LogP contribution in [-0.4, -0.2) is 37.9 Å². The van der Waals surface area contributed by atoms with Crippen molar-refractivity contribution in [2.24, 2.45) is 0 Å². The average molecular weight is 337 g/mol. The van der Waals surface area contributed by atoms with Gasteiger partial charge in [-0.1, -0.05) is 12.1 Å². The smallest absolute Gasteiger partial charge is 0.244 e. The maximum atomic E-state index is 12.6. The molecule has 130 valence electrons. The average Bonchev–Trinajstić information content (AvgIpc) is 3.22. The number of amides is 1. The lowest BCUT2D eigenvalue weighted by molar-refractivity contribution is -0.126. The molecule has 0 bridgehead atoms. The number of aromatic nitrogens is 3. The van der Waals surface area contributed by atoms with E-state index >= 15 is 0 Å². The summed E-state index contributed by atoms with van der Waals surface area (Å²) >= 11 is 0. The van der Waals surface area contributed by atoms with Crippen LogP contribution in [0.3, 0.4) is 0 Å². The van der Waals surface area contributed by atoms with Crippen molar-refractivity contribution in [2.75, 3.05) is 6.54 Å². The van der Waals surface area contributed by atoms with Gasteiger partial charge in [0.05, 0.1) is 12.0 Å². The molecule has 0 fully saturated rings. The van der Waals surface area contributed by atoms with Gasteiger partial charge in [-0.3, -0.25) is 9.69 Å². The summed E-state index contributed by atoms with van der Waals surface area (Å²) in [6, 6.07) is 8.32. The summed E-state index contributed by atoms with van der Waals surface area (Å²) in [7, 11) is 0. The van der Waals surface area contributed by atoms with Gasteiger partial charge in [0, 0.05) is 49.0 Å². The number of fused-ring (bicyclic) bond motifs is 2. The fourth-order valence-electron chi connectivity index (χ4n) is 3.60. The molecule has 1 aliphatic heterocycles. The zero-order valence-corrected chi connectivity index (χ0v) is 14.6. The molecule has 3 heterocycles. The van der Waals surface area contributed by atoms with Crippen molar-refractivity contribution in [1.29, 1.82) is 0 Å². The summed E-state index contributed by atoms with van der Waals surface area (Å²) < 4.78 is 2.01. The summed E-state index contributed by atoms with van der Waals surface area (Å²) in [5.41, 5.74) is 3.50. The van der Waals surface area contributed by atoms with Gasteiger partial charge in [0.25, 0.3) is 0 Å². The summed E-state index contributed by atoms with van der Waals surface area (Å²) in [5, 5.41) is 4.27. The van der Waals surface area contributed by atoms with E-state index in [9.17, 15) is 4.79 Å². The Kier molecular flexibility index (Phi) is 4.05. The SMILES string of the molecule is CC(C)NC(=O)[C@@H]1CN(Cc2cccc3[nH]ccc23)Cc2cncn21. The van der Waals surface area contributed by atoms with Crippen LogP contribution in [0.5, 0.6) is 0 Å². The molecule has 1 aromatic carbocycles. The molecule has 0 radical (unpaired) electrons. The minimum Gasteiger partial charge on any atom is -0.361 e. The molecule has 2 aromatic heterocycles. The number of hydrogen-bond donors (Lipinski definition) is 2. The van der Waals surface area contributed by atoms with Gasteiger partial charge in [-0.05, 0) is 31.5 Å². The number of nitrogens with one attached hydrogen (secondary N) is 2. The summed E-state index contributed by atoms with van der Waals surface area (Å²) in [6.45, 7) is 6.26. The number of carbonyl (C=O) groups is 1. The second-order valence-corrected chi connectivity index (χ2v) is 7.00. The van der Waals surface area contributed by atoms with E-state index < -0.39 is 0 Å². The van der Waals surface area contributed by atoms with Crippen molar-refractivity contribution >= 4 is 16.8 Å². The van der Waals surface area contributed by atoms with Crippen molar-refractivity contribution in [3.05, 3.63) is 54.2 Å². The lowest BCUT2D eigenvalue weighted by Crippen LogP contribution is -2.45. The number of H-pyrrole nitrogens is 1. The molecule has 0 spiro atoms. The van der Waals surface area contributed by atoms with Crippen LogP contribution in [0, 0.1) is 0 Å². The molecule has 25 heavy (non-hydrogen) atoms. The third kappa shape index (κ3) is 3.05. The van der Waals surface area contributed by atoms with Crippen LogP contribution in [0.1, 0.15) is 31.1 Å². The largest absolute Gasteiger partial charge is 0.361 e.